The molecule has 0 atom stereocenters. The molecule has 0 spiro atoms. The molecule has 0 bridgehead atoms. The molecule has 3 aromatic carbocycles. The zero-order valence-electron chi connectivity index (χ0n) is 19.7. The van der Waals surface area contributed by atoms with Gasteiger partial charge in [-0.3, -0.25) is 19.3 Å². The number of nitrogens with one attached hydrogen (secondary N) is 1. The van der Waals surface area contributed by atoms with Crippen molar-refractivity contribution in [2.45, 2.75) is 12.8 Å². The summed E-state index contributed by atoms with van der Waals surface area (Å²) in [7, 11) is 0. The lowest BCUT2D eigenvalue weighted by Gasteiger charge is -2.23. The fraction of sp³-hybridized carbons (Fsp3) is 0.276. The van der Waals surface area contributed by atoms with Gasteiger partial charge in [-0.05, 0) is 30.0 Å². The van der Waals surface area contributed by atoms with Crippen LogP contribution in [0.25, 0.3) is 11.1 Å². The Balaban J connectivity index is 1.20. The van der Waals surface area contributed by atoms with Gasteiger partial charge in [0.05, 0.1) is 6.54 Å². The van der Waals surface area contributed by atoms with Gasteiger partial charge in [0.25, 0.3) is 5.91 Å². The van der Waals surface area contributed by atoms with Crippen LogP contribution in [0.2, 0.25) is 0 Å². The molecule has 1 fully saturated rings. The molecule has 5 rings (SSSR count). The molecular weight excluding hydrogens is 438 g/mol. The van der Waals surface area contributed by atoms with Crippen LogP contribution in [-0.4, -0.2) is 66.7 Å². The van der Waals surface area contributed by atoms with Crippen LogP contribution in [0, 0.1) is 0 Å². The Morgan fingerprint density at radius 3 is 2.34 bits per heavy atom. The number of nitrogens with zero attached hydrogens (tertiary/aromatic N) is 2. The second-order valence-electron chi connectivity index (χ2n) is 9.11. The van der Waals surface area contributed by atoms with E-state index >= 15 is 0 Å². The number of hydrogen-bond donors (Lipinski definition) is 1. The van der Waals surface area contributed by atoms with Crippen molar-refractivity contribution in [1.29, 1.82) is 0 Å². The van der Waals surface area contributed by atoms with Crippen molar-refractivity contribution in [2.75, 3.05) is 39.3 Å². The molecule has 1 saturated heterocycles. The molecule has 35 heavy (non-hydrogen) atoms. The highest BCUT2D eigenvalue weighted by Crippen LogP contribution is 2.39. The zero-order valence-corrected chi connectivity index (χ0v) is 19.7. The Morgan fingerprint density at radius 1 is 0.771 bits per heavy atom. The Kier molecular flexibility index (Phi) is 6.73. The van der Waals surface area contributed by atoms with Crippen molar-refractivity contribution in [3.63, 3.8) is 0 Å². The van der Waals surface area contributed by atoms with E-state index in [9.17, 15) is 14.4 Å². The van der Waals surface area contributed by atoms with E-state index in [-0.39, 0.29) is 17.6 Å². The van der Waals surface area contributed by atoms with Crippen LogP contribution >= 0.6 is 0 Å². The summed E-state index contributed by atoms with van der Waals surface area (Å²) in [5, 5.41) is 3.01. The molecule has 0 radical (unpaired) electrons. The first kappa shape index (κ1) is 23.0. The highest BCUT2D eigenvalue weighted by atomic mass is 16.2. The summed E-state index contributed by atoms with van der Waals surface area (Å²) in [6.07, 6.45) is 1.61. The highest BCUT2D eigenvalue weighted by Gasteiger charge is 2.32. The summed E-state index contributed by atoms with van der Waals surface area (Å²) in [5.74, 6) is -0.0669. The van der Waals surface area contributed by atoms with Gasteiger partial charge in [-0.1, -0.05) is 66.7 Å². The summed E-state index contributed by atoms with van der Waals surface area (Å²) in [4.78, 5) is 42.8. The van der Waals surface area contributed by atoms with Crippen LogP contribution < -0.4 is 5.32 Å². The first-order chi connectivity index (χ1) is 17.1. The van der Waals surface area contributed by atoms with Gasteiger partial charge in [-0.25, -0.2) is 0 Å². The Morgan fingerprint density at radius 2 is 1.51 bits per heavy atom. The number of carbonyl (C=O) groups is 3. The van der Waals surface area contributed by atoms with Crippen molar-refractivity contribution in [2.24, 2.45) is 0 Å². The predicted molar refractivity (Wildman–Crippen MR) is 135 cm³/mol. The molecule has 6 heteroatoms. The van der Waals surface area contributed by atoms with Crippen molar-refractivity contribution in [1.82, 2.24) is 15.1 Å². The molecule has 3 aromatic rings. The average molecular weight is 468 g/mol. The maximum Gasteiger partial charge on any atom is 0.254 e. The van der Waals surface area contributed by atoms with Gasteiger partial charge in [0.15, 0.2) is 5.78 Å². The van der Waals surface area contributed by atoms with Crippen LogP contribution in [0.3, 0.4) is 0 Å². The number of fused-ring (bicyclic) bond motifs is 3. The predicted octanol–water partition coefficient (Wildman–Crippen LogP) is 3.40. The zero-order chi connectivity index (χ0) is 24.2. The average Bonchev–Trinajstić information content (AvgIpc) is 3.02. The first-order valence-electron chi connectivity index (χ1n) is 12.2. The molecule has 1 heterocycles. The lowest BCUT2D eigenvalue weighted by atomic mass is 9.98. The van der Waals surface area contributed by atoms with E-state index in [0.717, 1.165) is 30.5 Å². The SMILES string of the molecule is O=C(CN1CCCN(C(=O)c2cccc3c2-c2ccccc2C3=O)CC1)NCCc1ccccc1. The minimum absolute atomic E-state index is 0.0108. The number of carbonyl (C=O) groups excluding carboxylic acids is 3. The molecule has 0 aromatic heterocycles. The van der Waals surface area contributed by atoms with Crippen LogP contribution in [0.1, 0.15) is 38.3 Å². The maximum atomic E-state index is 13.6. The second-order valence-corrected chi connectivity index (χ2v) is 9.11. The van der Waals surface area contributed by atoms with Gasteiger partial charge in [0.1, 0.15) is 0 Å². The van der Waals surface area contributed by atoms with Crippen molar-refractivity contribution in [3.8, 4) is 11.1 Å². The van der Waals surface area contributed by atoms with E-state index in [2.05, 4.69) is 22.3 Å². The van der Waals surface area contributed by atoms with Crippen LogP contribution in [0.5, 0.6) is 0 Å². The number of benzene rings is 3. The number of hydrogen-bond acceptors (Lipinski definition) is 4. The normalized spacial score (nSPS) is 15.3. The van der Waals surface area contributed by atoms with Crippen molar-refractivity contribution >= 4 is 17.6 Å². The van der Waals surface area contributed by atoms with Gasteiger partial charge < -0.3 is 10.2 Å². The Bertz CT molecular complexity index is 1260. The largest absolute Gasteiger partial charge is 0.355 e. The van der Waals surface area contributed by atoms with Crippen molar-refractivity contribution < 1.29 is 14.4 Å². The van der Waals surface area contributed by atoms with Gasteiger partial charge in [-0.2, -0.15) is 0 Å². The highest BCUT2D eigenvalue weighted by molar-refractivity contribution is 6.24. The smallest absolute Gasteiger partial charge is 0.254 e. The third kappa shape index (κ3) is 4.88. The quantitative estimate of drug-likeness (QED) is 0.472. The third-order valence-corrected chi connectivity index (χ3v) is 6.80. The summed E-state index contributed by atoms with van der Waals surface area (Å²) < 4.78 is 0. The number of rotatable bonds is 6. The molecule has 0 saturated carbocycles. The summed E-state index contributed by atoms with van der Waals surface area (Å²) >= 11 is 0. The van der Waals surface area contributed by atoms with E-state index in [1.165, 1.54) is 5.56 Å². The lowest BCUT2D eigenvalue weighted by Crippen LogP contribution is -2.40. The first-order valence-corrected chi connectivity index (χ1v) is 12.2. The maximum absolute atomic E-state index is 13.6. The Labute approximate surface area is 205 Å². The lowest BCUT2D eigenvalue weighted by molar-refractivity contribution is -0.122. The number of amides is 2. The molecular formula is C29H29N3O3. The van der Waals surface area contributed by atoms with Crippen molar-refractivity contribution in [3.05, 3.63) is 95.1 Å². The van der Waals surface area contributed by atoms with E-state index in [0.29, 0.717) is 49.4 Å². The molecule has 0 unspecified atom stereocenters. The third-order valence-electron chi connectivity index (χ3n) is 6.80. The van der Waals surface area contributed by atoms with Gasteiger partial charge in [0, 0.05) is 55.0 Å². The van der Waals surface area contributed by atoms with Crippen LogP contribution in [-0.2, 0) is 11.2 Å². The molecule has 2 aliphatic rings. The van der Waals surface area contributed by atoms with Crippen LogP contribution in [0.15, 0.2) is 72.8 Å². The molecule has 1 aliphatic heterocycles. The number of ketones is 1. The van der Waals surface area contributed by atoms with Gasteiger partial charge in [-0.15, -0.1) is 0 Å². The summed E-state index contributed by atoms with van der Waals surface area (Å²) in [5.41, 5.74) is 4.61. The van der Waals surface area contributed by atoms with E-state index in [1.54, 1.807) is 12.1 Å². The molecule has 1 N–H and O–H groups in total. The molecule has 178 valence electrons. The van der Waals surface area contributed by atoms with Gasteiger partial charge in [0.2, 0.25) is 5.91 Å². The molecule has 1 aliphatic carbocycles. The standard InChI is InChI=1S/C29H29N3O3/c33-26(30-15-14-21-8-2-1-3-9-21)20-31-16-7-17-32(19-18-31)29(35)25-13-6-12-24-27(25)22-10-4-5-11-23(22)28(24)34/h1-6,8-13H,7,14-20H2,(H,30,33). The Hall–Kier alpha value is -3.77. The van der Waals surface area contributed by atoms with E-state index in [1.807, 2.05) is 53.4 Å². The fourth-order valence-electron chi connectivity index (χ4n) is 5.01. The summed E-state index contributed by atoms with van der Waals surface area (Å²) in [6, 6.07) is 23.0. The monoisotopic (exact) mass is 467 g/mol. The fourth-order valence-corrected chi connectivity index (χ4v) is 5.01. The molecule has 2 amide bonds. The summed E-state index contributed by atoms with van der Waals surface area (Å²) in [6.45, 7) is 3.53. The van der Waals surface area contributed by atoms with E-state index < -0.39 is 0 Å². The minimum Gasteiger partial charge on any atom is -0.355 e. The molecule has 6 nitrogen and oxygen atoms in total. The van der Waals surface area contributed by atoms with Gasteiger partial charge >= 0.3 is 0 Å². The topological polar surface area (TPSA) is 69.7 Å². The van der Waals surface area contributed by atoms with E-state index in [4.69, 9.17) is 0 Å². The van der Waals surface area contributed by atoms with Crippen LogP contribution in [0.4, 0.5) is 0 Å². The minimum atomic E-state index is -0.0551. The second kappa shape index (κ2) is 10.2.